The molecule has 1 unspecified atom stereocenters. The van der Waals surface area contributed by atoms with E-state index >= 15 is 0 Å². The van der Waals surface area contributed by atoms with Gasteiger partial charge in [0.2, 0.25) is 0 Å². The van der Waals surface area contributed by atoms with Crippen LogP contribution in [0.5, 0.6) is 0 Å². The first-order chi connectivity index (χ1) is 9.60. The topological polar surface area (TPSA) is 38.1 Å². The predicted molar refractivity (Wildman–Crippen MR) is 88.0 cm³/mol. The van der Waals surface area contributed by atoms with Crippen molar-refractivity contribution in [3.8, 4) is 0 Å². The van der Waals surface area contributed by atoms with Crippen molar-refractivity contribution in [3.05, 3.63) is 15.9 Å². The largest absolute Gasteiger partial charge is 0.393 e. The second-order valence-electron chi connectivity index (χ2n) is 5.58. The van der Waals surface area contributed by atoms with Crippen LogP contribution >= 0.6 is 15.9 Å². The summed E-state index contributed by atoms with van der Waals surface area (Å²) in [4.78, 5) is 0. The second-order valence-corrected chi connectivity index (χ2v) is 6.37. The number of rotatable bonds is 10. The normalized spacial score (nSPS) is 12.8. The quantitative estimate of drug-likeness (QED) is 0.628. The van der Waals surface area contributed by atoms with E-state index in [1.165, 1.54) is 32.1 Å². The first-order valence-corrected chi connectivity index (χ1v) is 8.79. The van der Waals surface area contributed by atoms with Crippen molar-refractivity contribution in [1.29, 1.82) is 0 Å². The molecule has 1 aromatic rings. The van der Waals surface area contributed by atoms with E-state index in [0.717, 1.165) is 35.2 Å². The van der Waals surface area contributed by atoms with Gasteiger partial charge in [-0.1, -0.05) is 45.4 Å². The Kier molecular flexibility index (Phi) is 8.46. The maximum Gasteiger partial charge on any atom is 0.0738 e. The molecule has 0 aromatic carbocycles. The molecule has 0 saturated carbocycles. The minimum Gasteiger partial charge on any atom is -0.393 e. The number of unbranched alkanes of at least 4 members (excludes halogenated alkanes) is 5. The Balaban J connectivity index is 2.33. The molecule has 0 radical (unpaired) electrons. The molecule has 0 aliphatic heterocycles. The first kappa shape index (κ1) is 17.7. The van der Waals surface area contributed by atoms with Crippen LogP contribution < -0.4 is 0 Å². The van der Waals surface area contributed by atoms with Crippen LogP contribution in [0.3, 0.4) is 0 Å². The summed E-state index contributed by atoms with van der Waals surface area (Å²) in [5, 5.41) is 14.7. The SMILES string of the molecule is CCCCCCCCC(O)Cc1c(Br)c(C)nn1CC. The summed E-state index contributed by atoms with van der Waals surface area (Å²) in [6.45, 7) is 7.17. The molecule has 0 aliphatic carbocycles. The Morgan fingerprint density at radius 1 is 1.15 bits per heavy atom. The average Bonchev–Trinajstić information content (AvgIpc) is 2.70. The van der Waals surface area contributed by atoms with Gasteiger partial charge >= 0.3 is 0 Å². The summed E-state index contributed by atoms with van der Waals surface area (Å²) in [7, 11) is 0. The van der Waals surface area contributed by atoms with Crippen molar-refractivity contribution in [2.45, 2.75) is 84.8 Å². The molecule has 0 bridgehead atoms. The molecule has 0 amide bonds. The zero-order valence-electron chi connectivity index (χ0n) is 13.2. The number of aliphatic hydroxyl groups excluding tert-OH is 1. The van der Waals surface area contributed by atoms with Gasteiger partial charge in [-0.15, -0.1) is 0 Å². The molecule has 4 heteroatoms. The van der Waals surface area contributed by atoms with E-state index in [1.54, 1.807) is 0 Å². The van der Waals surface area contributed by atoms with Crippen molar-refractivity contribution < 1.29 is 5.11 Å². The van der Waals surface area contributed by atoms with Gasteiger partial charge in [0.25, 0.3) is 0 Å². The predicted octanol–water partition coefficient (Wildman–Crippen LogP) is 4.63. The van der Waals surface area contributed by atoms with Gasteiger partial charge in [-0.3, -0.25) is 4.68 Å². The lowest BCUT2D eigenvalue weighted by molar-refractivity contribution is 0.158. The number of nitrogens with zero attached hydrogens (tertiary/aromatic N) is 2. The third kappa shape index (κ3) is 5.57. The fourth-order valence-corrected chi connectivity index (χ4v) is 3.00. The van der Waals surface area contributed by atoms with E-state index in [0.29, 0.717) is 6.42 Å². The van der Waals surface area contributed by atoms with E-state index in [1.807, 2.05) is 11.6 Å². The summed E-state index contributed by atoms with van der Waals surface area (Å²) >= 11 is 3.59. The molecule has 1 aromatic heterocycles. The van der Waals surface area contributed by atoms with Crippen LogP contribution in [0.25, 0.3) is 0 Å². The van der Waals surface area contributed by atoms with Gasteiger partial charge in [0.05, 0.1) is 22.0 Å². The van der Waals surface area contributed by atoms with E-state index < -0.39 is 0 Å². The second kappa shape index (κ2) is 9.56. The Morgan fingerprint density at radius 3 is 2.45 bits per heavy atom. The number of aryl methyl sites for hydroxylation is 2. The lowest BCUT2D eigenvalue weighted by atomic mass is 10.0. The minimum absolute atomic E-state index is 0.251. The van der Waals surface area contributed by atoms with Gasteiger partial charge in [-0.05, 0) is 36.2 Å². The van der Waals surface area contributed by atoms with Crippen LogP contribution in [0, 0.1) is 6.92 Å². The Labute approximate surface area is 131 Å². The smallest absolute Gasteiger partial charge is 0.0738 e. The molecule has 20 heavy (non-hydrogen) atoms. The Bertz CT molecular complexity index is 390. The number of aromatic nitrogens is 2. The average molecular weight is 345 g/mol. The highest BCUT2D eigenvalue weighted by Crippen LogP contribution is 2.23. The third-order valence-corrected chi connectivity index (χ3v) is 4.80. The molecule has 0 aliphatic rings. The Hall–Kier alpha value is -0.350. The first-order valence-electron chi connectivity index (χ1n) is 7.99. The van der Waals surface area contributed by atoms with Crippen molar-refractivity contribution in [1.82, 2.24) is 9.78 Å². The summed E-state index contributed by atoms with van der Waals surface area (Å²) in [5.74, 6) is 0. The fourth-order valence-electron chi connectivity index (χ4n) is 2.55. The molecule has 3 nitrogen and oxygen atoms in total. The summed E-state index contributed by atoms with van der Waals surface area (Å²) < 4.78 is 3.05. The van der Waals surface area contributed by atoms with E-state index in [-0.39, 0.29) is 6.10 Å². The van der Waals surface area contributed by atoms with Crippen LogP contribution in [0.2, 0.25) is 0 Å². The van der Waals surface area contributed by atoms with E-state index in [2.05, 4.69) is 34.9 Å². The molecular formula is C16H29BrN2O. The van der Waals surface area contributed by atoms with Crippen LogP contribution in [-0.2, 0) is 13.0 Å². The lowest BCUT2D eigenvalue weighted by Crippen LogP contribution is -2.14. The number of hydrogen-bond donors (Lipinski definition) is 1. The van der Waals surface area contributed by atoms with Crippen LogP contribution in [-0.4, -0.2) is 21.0 Å². The molecular weight excluding hydrogens is 316 g/mol. The number of hydrogen-bond acceptors (Lipinski definition) is 2. The van der Waals surface area contributed by atoms with E-state index in [4.69, 9.17) is 0 Å². The summed E-state index contributed by atoms with van der Waals surface area (Å²) in [5.41, 5.74) is 2.14. The zero-order chi connectivity index (χ0) is 15.0. The van der Waals surface area contributed by atoms with Gasteiger partial charge in [0.15, 0.2) is 0 Å². The lowest BCUT2D eigenvalue weighted by Gasteiger charge is -2.12. The molecule has 116 valence electrons. The molecule has 1 heterocycles. The van der Waals surface area contributed by atoms with Gasteiger partial charge in [-0.2, -0.15) is 5.10 Å². The van der Waals surface area contributed by atoms with Crippen molar-refractivity contribution in [3.63, 3.8) is 0 Å². The standard InChI is InChI=1S/C16H29BrN2O/c1-4-6-7-8-9-10-11-14(20)12-15-16(17)13(3)18-19(15)5-2/h14,20H,4-12H2,1-3H3. The monoisotopic (exact) mass is 344 g/mol. The highest BCUT2D eigenvalue weighted by molar-refractivity contribution is 9.10. The molecule has 0 fully saturated rings. The number of aliphatic hydroxyl groups is 1. The number of halogens is 1. The highest BCUT2D eigenvalue weighted by atomic mass is 79.9. The van der Waals surface area contributed by atoms with Crippen LogP contribution in [0.15, 0.2) is 4.47 Å². The maximum atomic E-state index is 10.2. The fraction of sp³-hybridized carbons (Fsp3) is 0.812. The van der Waals surface area contributed by atoms with E-state index in [9.17, 15) is 5.11 Å². The van der Waals surface area contributed by atoms with Gasteiger partial charge < -0.3 is 5.11 Å². The molecule has 1 rings (SSSR count). The molecule has 0 spiro atoms. The van der Waals surface area contributed by atoms with Gasteiger partial charge in [0, 0.05) is 13.0 Å². The van der Waals surface area contributed by atoms with Crippen LogP contribution in [0.4, 0.5) is 0 Å². The van der Waals surface area contributed by atoms with Crippen LogP contribution in [0.1, 0.15) is 70.2 Å². The minimum atomic E-state index is -0.251. The van der Waals surface area contributed by atoms with Crippen molar-refractivity contribution in [2.75, 3.05) is 0 Å². The zero-order valence-corrected chi connectivity index (χ0v) is 14.7. The highest BCUT2D eigenvalue weighted by Gasteiger charge is 2.15. The summed E-state index contributed by atoms with van der Waals surface area (Å²) in [6, 6.07) is 0. The third-order valence-electron chi connectivity index (χ3n) is 3.77. The van der Waals surface area contributed by atoms with Crippen molar-refractivity contribution >= 4 is 15.9 Å². The molecule has 0 saturated heterocycles. The summed E-state index contributed by atoms with van der Waals surface area (Å²) in [6.07, 6.45) is 8.97. The Morgan fingerprint density at radius 2 is 1.80 bits per heavy atom. The molecule has 1 N–H and O–H groups in total. The van der Waals surface area contributed by atoms with Gasteiger partial charge in [-0.25, -0.2) is 0 Å². The van der Waals surface area contributed by atoms with Gasteiger partial charge in [0.1, 0.15) is 0 Å². The molecule has 1 atom stereocenters. The van der Waals surface area contributed by atoms with Crippen molar-refractivity contribution in [2.24, 2.45) is 0 Å². The maximum absolute atomic E-state index is 10.2.